The second kappa shape index (κ2) is 12.2. The van der Waals surface area contributed by atoms with Crippen LogP contribution in [0.3, 0.4) is 0 Å². The lowest BCUT2D eigenvalue weighted by molar-refractivity contribution is 0.250. The number of aromatic hydroxyl groups is 1. The number of hydrogen-bond donors (Lipinski definition) is 4. The Morgan fingerprint density at radius 3 is 2.06 bits per heavy atom. The second-order valence-corrected chi connectivity index (χ2v) is 9.35. The smallest absolute Gasteiger partial charge is 0.319 e. The third-order valence-corrected chi connectivity index (χ3v) is 6.02. The molecule has 0 spiro atoms. The maximum Gasteiger partial charge on any atom is 0.319 e. The highest BCUT2D eigenvalue weighted by molar-refractivity contribution is 5.91. The molecule has 0 fully saturated rings. The Hall–Kier alpha value is -3.31. The Morgan fingerprint density at radius 2 is 1.44 bits per heavy atom. The SMILES string of the molecule is CC(C)c1cccc(C(C)C)c1NC(=O)NC[C@H](Cc1ccccc1)NCc1ccccc1O. The number of urea groups is 1. The molecule has 5 heteroatoms. The van der Waals surface area contributed by atoms with Crippen molar-refractivity contribution in [2.24, 2.45) is 0 Å². The Balaban J connectivity index is 1.69. The minimum atomic E-state index is -0.211. The van der Waals surface area contributed by atoms with Crippen LogP contribution in [0.25, 0.3) is 0 Å². The van der Waals surface area contributed by atoms with E-state index in [1.165, 1.54) is 5.56 Å². The number of phenolic OH excluding ortho intramolecular Hbond substituents is 1. The van der Waals surface area contributed by atoms with Gasteiger partial charge < -0.3 is 21.1 Å². The summed E-state index contributed by atoms with van der Waals surface area (Å²) in [4.78, 5) is 13.0. The molecule has 2 amide bonds. The molecule has 0 saturated heterocycles. The molecule has 3 aromatic carbocycles. The summed E-state index contributed by atoms with van der Waals surface area (Å²) in [5.41, 5.74) is 5.20. The minimum Gasteiger partial charge on any atom is -0.508 e. The molecular formula is C29H37N3O2. The van der Waals surface area contributed by atoms with Gasteiger partial charge in [-0.3, -0.25) is 0 Å². The number of carbonyl (C=O) groups is 1. The highest BCUT2D eigenvalue weighted by Crippen LogP contribution is 2.32. The van der Waals surface area contributed by atoms with Gasteiger partial charge in [-0.1, -0.05) is 94.4 Å². The molecule has 0 bridgehead atoms. The van der Waals surface area contributed by atoms with Crippen LogP contribution in [0, 0.1) is 0 Å². The van der Waals surface area contributed by atoms with Crippen molar-refractivity contribution in [3.8, 4) is 5.75 Å². The van der Waals surface area contributed by atoms with E-state index < -0.39 is 0 Å². The first-order valence-corrected chi connectivity index (χ1v) is 12.1. The predicted octanol–water partition coefficient (Wildman–Crippen LogP) is 6.16. The number of phenols is 1. The van der Waals surface area contributed by atoms with Crippen molar-refractivity contribution < 1.29 is 9.90 Å². The normalized spacial score (nSPS) is 12.1. The van der Waals surface area contributed by atoms with Gasteiger partial charge in [-0.05, 0) is 41.0 Å². The monoisotopic (exact) mass is 459 g/mol. The van der Waals surface area contributed by atoms with Crippen molar-refractivity contribution in [3.63, 3.8) is 0 Å². The van der Waals surface area contributed by atoms with E-state index in [0.29, 0.717) is 24.9 Å². The van der Waals surface area contributed by atoms with Crippen LogP contribution in [0.15, 0.2) is 72.8 Å². The first-order valence-electron chi connectivity index (χ1n) is 12.1. The predicted molar refractivity (Wildman–Crippen MR) is 141 cm³/mol. The molecule has 180 valence electrons. The fourth-order valence-corrected chi connectivity index (χ4v) is 4.10. The number of benzene rings is 3. The first kappa shape index (κ1) is 25.3. The molecule has 0 aliphatic heterocycles. The number of hydrogen-bond acceptors (Lipinski definition) is 3. The maximum absolute atomic E-state index is 13.0. The Morgan fingerprint density at radius 1 is 0.824 bits per heavy atom. The van der Waals surface area contributed by atoms with E-state index in [9.17, 15) is 9.90 Å². The van der Waals surface area contributed by atoms with Crippen LogP contribution in [-0.4, -0.2) is 23.7 Å². The van der Waals surface area contributed by atoms with Crippen LogP contribution < -0.4 is 16.0 Å². The van der Waals surface area contributed by atoms with Crippen molar-refractivity contribution in [1.29, 1.82) is 0 Å². The van der Waals surface area contributed by atoms with Crippen LogP contribution in [-0.2, 0) is 13.0 Å². The van der Waals surface area contributed by atoms with Crippen molar-refractivity contribution in [2.75, 3.05) is 11.9 Å². The lowest BCUT2D eigenvalue weighted by atomic mass is 9.93. The topological polar surface area (TPSA) is 73.4 Å². The highest BCUT2D eigenvalue weighted by Gasteiger charge is 2.17. The van der Waals surface area contributed by atoms with Crippen LogP contribution in [0.4, 0.5) is 10.5 Å². The van der Waals surface area contributed by atoms with Gasteiger partial charge in [0.15, 0.2) is 0 Å². The number of nitrogens with one attached hydrogen (secondary N) is 3. The summed E-state index contributed by atoms with van der Waals surface area (Å²) < 4.78 is 0. The minimum absolute atomic E-state index is 0.00216. The van der Waals surface area contributed by atoms with Crippen molar-refractivity contribution in [2.45, 2.75) is 58.5 Å². The third kappa shape index (κ3) is 7.09. The number of rotatable bonds is 10. The fraction of sp³-hybridized carbons (Fsp3) is 0.345. The zero-order chi connectivity index (χ0) is 24.5. The van der Waals surface area contributed by atoms with Gasteiger partial charge in [0.05, 0.1) is 0 Å². The van der Waals surface area contributed by atoms with Gasteiger partial charge in [0.2, 0.25) is 0 Å². The molecule has 3 rings (SSSR count). The van der Waals surface area contributed by atoms with Crippen LogP contribution >= 0.6 is 0 Å². The molecule has 0 aromatic heterocycles. The summed E-state index contributed by atoms with van der Waals surface area (Å²) in [6.07, 6.45) is 0.758. The second-order valence-electron chi connectivity index (χ2n) is 9.35. The van der Waals surface area contributed by atoms with E-state index in [2.05, 4.69) is 74.0 Å². The van der Waals surface area contributed by atoms with Gasteiger partial charge in [0.1, 0.15) is 5.75 Å². The highest BCUT2D eigenvalue weighted by atomic mass is 16.3. The summed E-state index contributed by atoms with van der Waals surface area (Å²) in [7, 11) is 0. The largest absolute Gasteiger partial charge is 0.508 e. The Labute approximate surface area is 203 Å². The maximum atomic E-state index is 13.0. The number of carbonyl (C=O) groups excluding carboxylic acids is 1. The van der Waals surface area contributed by atoms with Crippen molar-refractivity contribution >= 4 is 11.7 Å². The Bertz CT molecular complexity index is 1040. The summed E-state index contributed by atoms with van der Waals surface area (Å²) in [5.74, 6) is 0.880. The molecule has 0 saturated carbocycles. The first-order chi connectivity index (χ1) is 16.3. The quantitative estimate of drug-likeness (QED) is 0.293. The van der Waals surface area contributed by atoms with Crippen molar-refractivity contribution in [1.82, 2.24) is 10.6 Å². The third-order valence-electron chi connectivity index (χ3n) is 6.02. The van der Waals surface area contributed by atoms with Gasteiger partial charge in [0, 0.05) is 30.4 Å². The average Bonchev–Trinajstić information content (AvgIpc) is 2.82. The molecule has 0 unspecified atom stereocenters. The molecule has 0 heterocycles. The fourth-order valence-electron chi connectivity index (χ4n) is 4.10. The van der Waals surface area contributed by atoms with Crippen LogP contribution in [0.2, 0.25) is 0 Å². The average molecular weight is 460 g/mol. The van der Waals surface area contributed by atoms with E-state index in [-0.39, 0.29) is 17.8 Å². The molecule has 3 aromatic rings. The number of amides is 2. The van der Waals surface area contributed by atoms with Gasteiger partial charge in [-0.2, -0.15) is 0 Å². The Kier molecular flexibility index (Phi) is 9.11. The summed E-state index contributed by atoms with van der Waals surface area (Å²) >= 11 is 0. The molecule has 1 atom stereocenters. The van der Waals surface area contributed by atoms with E-state index in [1.807, 2.05) is 36.4 Å². The van der Waals surface area contributed by atoms with Crippen molar-refractivity contribution in [3.05, 3.63) is 95.1 Å². The number of anilines is 1. The molecular weight excluding hydrogens is 422 g/mol. The summed E-state index contributed by atoms with van der Waals surface area (Å²) in [5, 5.41) is 19.8. The van der Waals surface area contributed by atoms with E-state index in [0.717, 1.165) is 28.8 Å². The summed E-state index contributed by atoms with van der Waals surface area (Å²) in [6, 6.07) is 23.5. The molecule has 0 radical (unpaired) electrons. The summed E-state index contributed by atoms with van der Waals surface area (Å²) in [6.45, 7) is 9.53. The lowest BCUT2D eigenvalue weighted by Gasteiger charge is -2.22. The van der Waals surface area contributed by atoms with Crippen LogP contribution in [0.1, 0.15) is 61.8 Å². The van der Waals surface area contributed by atoms with Gasteiger partial charge in [-0.15, -0.1) is 0 Å². The zero-order valence-corrected chi connectivity index (χ0v) is 20.6. The molecule has 4 N–H and O–H groups in total. The molecule has 0 aliphatic carbocycles. The molecule has 5 nitrogen and oxygen atoms in total. The lowest BCUT2D eigenvalue weighted by Crippen LogP contribution is -2.43. The zero-order valence-electron chi connectivity index (χ0n) is 20.6. The van der Waals surface area contributed by atoms with Gasteiger partial charge in [0.25, 0.3) is 0 Å². The standard InChI is InChI=1S/C29H37N3O2/c1-20(2)25-14-10-15-26(21(3)4)28(25)32-29(34)31-19-24(17-22-11-6-5-7-12-22)30-18-23-13-8-9-16-27(23)33/h5-16,20-21,24,30,33H,17-19H2,1-4H3,(H2,31,32,34)/t24-/m0/s1. The molecule has 0 aliphatic rings. The van der Waals surface area contributed by atoms with E-state index in [4.69, 9.17) is 0 Å². The van der Waals surface area contributed by atoms with Crippen LogP contribution in [0.5, 0.6) is 5.75 Å². The molecule has 34 heavy (non-hydrogen) atoms. The van der Waals surface area contributed by atoms with E-state index >= 15 is 0 Å². The van der Waals surface area contributed by atoms with E-state index in [1.54, 1.807) is 6.07 Å². The van der Waals surface area contributed by atoms with Gasteiger partial charge >= 0.3 is 6.03 Å². The number of para-hydroxylation sites is 2. The van der Waals surface area contributed by atoms with Gasteiger partial charge in [-0.25, -0.2) is 4.79 Å².